The first-order chi connectivity index (χ1) is 8.08. The van der Waals surface area contributed by atoms with Gasteiger partial charge in [0, 0.05) is 0 Å². The highest BCUT2D eigenvalue weighted by Gasteiger charge is 2.22. The number of benzene rings is 1. The summed E-state index contributed by atoms with van der Waals surface area (Å²) >= 11 is 17.7. The van der Waals surface area contributed by atoms with E-state index < -0.39 is 0 Å². The fourth-order valence-electron chi connectivity index (χ4n) is 1.18. The molecule has 1 aromatic carbocycles. The summed E-state index contributed by atoms with van der Waals surface area (Å²) in [6, 6.07) is 3.67. The predicted octanol–water partition coefficient (Wildman–Crippen LogP) is 4.18. The van der Waals surface area contributed by atoms with Crippen molar-refractivity contribution in [2.24, 2.45) is 0 Å². The van der Waals surface area contributed by atoms with Gasteiger partial charge in [-0.15, -0.1) is 0 Å². The van der Waals surface area contributed by atoms with E-state index in [-0.39, 0.29) is 31.9 Å². The van der Waals surface area contributed by atoms with Gasteiger partial charge in [-0.1, -0.05) is 41.7 Å². The van der Waals surface area contributed by atoms with Crippen LogP contribution in [-0.4, -0.2) is 6.61 Å². The van der Waals surface area contributed by atoms with Crippen LogP contribution >= 0.6 is 34.8 Å². The van der Waals surface area contributed by atoms with Crippen molar-refractivity contribution in [1.29, 1.82) is 10.5 Å². The van der Waals surface area contributed by atoms with Crippen LogP contribution in [0.2, 0.25) is 15.1 Å². The molecule has 3 nitrogen and oxygen atoms in total. The quantitative estimate of drug-likeness (QED) is 0.784. The van der Waals surface area contributed by atoms with Gasteiger partial charge >= 0.3 is 0 Å². The molecule has 0 saturated carbocycles. The van der Waals surface area contributed by atoms with Crippen LogP contribution in [0.4, 0.5) is 0 Å². The highest BCUT2D eigenvalue weighted by Crippen LogP contribution is 2.42. The molecular weight excluding hydrogens is 282 g/mol. The fraction of sp³-hybridized carbons (Fsp3) is 0.273. The molecule has 0 N–H and O–H groups in total. The molecule has 0 bridgehead atoms. The number of nitrogens with zero attached hydrogens (tertiary/aromatic N) is 2. The Kier molecular flexibility index (Phi) is 4.90. The zero-order valence-electron chi connectivity index (χ0n) is 8.85. The second-order valence-corrected chi connectivity index (χ2v) is 4.23. The third-order valence-corrected chi connectivity index (χ3v) is 3.17. The normalized spacial score (nSPS) is 9.53. The molecule has 0 saturated heterocycles. The lowest BCUT2D eigenvalue weighted by Gasteiger charge is -2.12. The van der Waals surface area contributed by atoms with Crippen molar-refractivity contribution in [1.82, 2.24) is 0 Å². The third-order valence-electron chi connectivity index (χ3n) is 1.95. The largest absolute Gasteiger partial charge is 0.491 e. The SMILES string of the molecule is CCCOc1c(Cl)c(Cl)c(C#N)c(Cl)c1C#N. The van der Waals surface area contributed by atoms with Crippen molar-refractivity contribution >= 4 is 34.8 Å². The van der Waals surface area contributed by atoms with Gasteiger partial charge in [0.05, 0.1) is 22.2 Å². The van der Waals surface area contributed by atoms with Gasteiger partial charge in [-0.05, 0) is 6.42 Å². The molecule has 0 aliphatic carbocycles. The Bertz CT molecular complexity index is 529. The third kappa shape index (κ3) is 2.58. The van der Waals surface area contributed by atoms with E-state index in [9.17, 15) is 0 Å². The van der Waals surface area contributed by atoms with Gasteiger partial charge in [0.25, 0.3) is 0 Å². The maximum absolute atomic E-state index is 9.01. The van der Waals surface area contributed by atoms with E-state index in [0.29, 0.717) is 6.61 Å². The smallest absolute Gasteiger partial charge is 0.158 e. The molecule has 88 valence electrons. The first-order valence-corrected chi connectivity index (χ1v) is 5.85. The summed E-state index contributed by atoms with van der Waals surface area (Å²) in [6.07, 6.45) is 0.746. The molecule has 0 spiro atoms. The number of halogens is 3. The van der Waals surface area contributed by atoms with E-state index in [1.54, 1.807) is 0 Å². The lowest BCUT2D eigenvalue weighted by Crippen LogP contribution is -2.00. The molecule has 1 rings (SSSR count). The molecule has 0 heterocycles. The van der Waals surface area contributed by atoms with Crippen molar-refractivity contribution in [3.05, 3.63) is 26.2 Å². The molecule has 0 aromatic heterocycles. The van der Waals surface area contributed by atoms with Gasteiger partial charge in [0.1, 0.15) is 22.7 Å². The fourth-order valence-corrected chi connectivity index (χ4v) is 1.96. The topological polar surface area (TPSA) is 56.8 Å². The van der Waals surface area contributed by atoms with Crippen molar-refractivity contribution in [3.63, 3.8) is 0 Å². The average molecular weight is 290 g/mol. The van der Waals surface area contributed by atoms with Crippen molar-refractivity contribution in [3.8, 4) is 17.9 Å². The van der Waals surface area contributed by atoms with Crippen LogP contribution in [0.1, 0.15) is 24.5 Å². The number of nitriles is 2. The van der Waals surface area contributed by atoms with Crippen LogP contribution in [0.5, 0.6) is 5.75 Å². The summed E-state index contributed by atoms with van der Waals surface area (Å²) < 4.78 is 5.34. The van der Waals surface area contributed by atoms with E-state index in [0.717, 1.165) is 6.42 Å². The minimum absolute atomic E-state index is 0.00395. The van der Waals surface area contributed by atoms with Crippen LogP contribution in [0.15, 0.2) is 0 Å². The Labute approximate surface area is 114 Å². The zero-order valence-corrected chi connectivity index (χ0v) is 11.1. The standard InChI is InChI=1S/C11H7Cl3N2O/c1-2-3-17-11-7(5-16)8(12)6(4-15)9(13)10(11)14/h2-3H2,1H3. The van der Waals surface area contributed by atoms with E-state index >= 15 is 0 Å². The maximum Gasteiger partial charge on any atom is 0.158 e. The highest BCUT2D eigenvalue weighted by molar-refractivity contribution is 6.45. The van der Waals surface area contributed by atoms with Crippen LogP contribution in [0.25, 0.3) is 0 Å². The molecule has 1 aromatic rings. The average Bonchev–Trinajstić information content (AvgIpc) is 2.32. The van der Waals surface area contributed by atoms with Crippen LogP contribution in [0.3, 0.4) is 0 Å². The van der Waals surface area contributed by atoms with Gasteiger partial charge in [0.15, 0.2) is 5.75 Å². The van der Waals surface area contributed by atoms with Crippen molar-refractivity contribution in [2.75, 3.05) is 6.61 Å². The van der Waals surface area contributed by atoms with E-state index in [4.69, 9.17) is 50.1 Å². The lowest BCUT2D eigenvalue weighted by molar-refractivity contribution is 0.317. The Balaban J connectivity index is 3.51. The van der Waals surface area contributed by atoms with Crippen LogP contribution in [0, 0.1) is 22.7 Å². The summed E-state index contributed by atoms with van der Waals surface area (Å²) in [5.41, 5.74) is 0.0183. The van der Waals surface area contributed by atoms with Crippen molar-refractivity contribution in [2.45, 2.75) is 13.3 Å². The molecule has 0 unspecified atom stereocenters. The molecule has 0 aliphatic rings. The van der Waals surface area contributed by atoms with Crippen molar-refractivity contribution < 1.29 is 4.74 Å². The highest BCUT2D eigenvalue weighted by atomic mass is 35.5. The summed E-state index contributed by atoms with van der Waals surface area (Å²) in [6.45, 7) is 2.29. The van der Waals surface area contributed by atoms with Gasteiger partial charge in [-0.2, -0.15) is 10.5 Å². The number of hydrogen-bond donors (Lipinski definition) is 0. The second kappa shape index (κ2) is 5.98. The molecule has 0 aliphatic heterocycles. The number of hydrogen-bond acceptors (Lipinski definition) is 3. The molecule has 17 heavy (non-hydrogen) atoms. The molecule has 6 heteroatoms. The van der Waals surface area contributed by atoms with E-state index in [2.05, 4.69) is 0 Å². The first-order valence-electron chi connectivity index (χ1n) is 4.71. The Morgan fingerprint density at radius 1 is 1.00 bits per heavy atom. The minimum atomic E-state index is -0.0319. The number of rotatable bonds is 3. The van der Waals surface area contributed by atoms with E-state index in [1.165, 1.54) is 0 Å². The van der Waals surface area contributed by atoms with Crippen LogP contribution < -0.4 is 4.74 Å². The second-order valence-electron chi connectivity index (χ2n) is 3.09. The Morgan fingerprint density at radius 3 is 2.06 bits per heavy atom. The van der Waals surface area contributed by atoms with E-state index in [1.807, 2.05) is 19.1 Å². The molecule has 0 amide bonds. The van der Waals surface area contributed by atoms with Gasteiger partial charge in [-0.25, -0.2) is 0 Å². The predicted molar refractivity (Wildman–Crippen MR) is 66.7 cm³/mol. The summed E-state index contributed by atoms with van der Waals surface area (Å²) in [5.74, 6) is 0.130. The monoisotopic (exact) mass is 288 g/mol. The summed E-state index contributed by atoms with van der Waals surface area (Å²) in [5, 5.41) is 17.9. The first kappa shape index (κ1) is 13.9. The minimum Gasteiger partial charge on any atom is -0.491 e. The Hall–Kier alpha value is -1.13. The van der Waals surface area contributed by atoms with Gasteiger partial charge < -0.3 is 4.74 Å². The summed E-state index contributed by atoms with van der Waals surface area (Å²) in [7, 11) is 0. The van der Waals surface area contributed by atoms with Gasteiger partial charge in [0.2, 0.25) is 0 Å². The molecule has 0 radical (unpaired) electrons. The van der Waals surface area contributed by atoms with Gasteiger partial charge in [-0.3, -0.25) is 0 Å². The lowest BCUT2D eigenvalue weighted by atomic mass is 10.1. The Morgan fingerprint density at radius 2 is 1.59 bits per heavy atom. The molecule has 0 fully saturated rings. The number of ether oxygens (including phenoxy) is 1. The van der Waals surface area contributed by atoms with Crippen LogP contribution in [-0.2, 0) is 0 Å². The zero-order chi connectivity index (χ0) is 13.0. The maximum atomic E-state index is 9.01. The molecule has 0 atom stereocenters. The molecular formula is C11H7Cl3N2O. The summed E-state index contributed by atoms with van der Waals surface area (Å²) in [4.78, 5) is 0.